The number of aryl methyl sites for hydroxylation is 1. The first-order valence-corrected chi connectivity index (χ1v) is 8.79. The number of ether oxygens (including phenoxy) is 2. The third-order valence-corrected chi connectivity index (χ3v) is 4.32. The lowest BCUT2D eigenvalue weighted by molar-refractivity contribution is 0.172. The van der Waals surface area contributed by atoms with Gasteiger partial charge < -0.3 is 25.2 Å². The van der Waals surface area contributed by atoms with E-state index in [-0.39, 0.29) is 0 Å². The van der Waals surface area contributed by atoms with E-state index in [0.29, 0.717) is 49.3 Å². The van der Waals surface area contributed by atoms with Gasteiger partial charge in [0, 0.05) is 25.2 Å². The van der Waals surface area contributed by atoms with Crippen LogP contribution in [-0.4, -0.2) is 57.1 Å². The molecule has 0 bridgehead atoms. The Balaban J connectivity index is 1.61. The summed E-state index contributed by atoms with van der Waals surface area (Å²) in [4.78, 5) is 15.1. The molecule has 0 atom stereocenters. The molecule has 2 aromatic heterocycles. The molecule has 0 spiro atoms. The Bertz CT molecular complexity index is 1000. The van der Waals surface area contributed by atoms with Crippen molar-refractivity contribution >= 4 is 28.6 Å². The molecule has 3 aromatic rings. The van der Waals surface area contributed by atoms with Crippen molar-refractivity contribution in [3.63, 3.8) is 0 Å². The lowest BCUT2D eigenvalue weighted by atomic mass is 10.2. The first-order chi connectivity index (χ1) is 13.1. The summed E-state index contributed by atoms with van der Waals surface area (Å²) in [6.45, 7) is 3.99. The molecule has 0 saturated heterocycles. The predicted molar refractivity (Wildman–Crippen MR) is 97.8 cm³/mol. The minimum Gasteiger partial charge on any atom is -0.486 e. The lowest BCUT2D eigenvalue weighted by Crippen LogP contribution is -2.22. The molecule has 0 fully saturated rings. The molecule has 3 heterocycles. The van der Waals surface area contributed by atoms with Gasteiger partial charge in [0.25, 0.3) is 0 Å². The minimum atomic E-state index is -1.01. The molecule has 3 N–H and O–H groups in total. The first kappa shape index (κ1) is 17.1. The van der Waals surface area contributed by atoms with Crippen LogP contribution in [0.1, 0.15) is 18.7 Å². The van der Waals surface area contributed by atoms with Crippen molar-refractivity contribution in [2.75, 3.05) is 31.6 Å². The number of nitrogens with one attached hydrogen (secondary N) is 2. The zero-order valence-electron chi connectivity index (χ0n) is 14.9. The number of carbonyl (C=O) groups is 1. The topological polar surface area (TPSA) is 123 Å². The van der Waals surface area contributed by atoms with E-state index in [1.807, 2.05) is 23.5 Å². The Labute approximate surface area is 154 Å². The monoisotopic (exact) mass is 372 g/mol. The summed E-state index contributed by atoms with van der Waals surface area (Å²) in [6, 6.07) is 3.77. The Morgan fingerprint density at radius 3 is 2.70 bits per heavy atom. The maximum atomic E-state index is 10.5. The van der Waals surface area contributed by atoms with Crippen LogP contribution in [0.4, 0.5) is 10.6 Å². The summed E-state index contributed by atoms with van der Waals surface area (Å²) >= 11 is 0. The van der Waals surface area contributed by atoms with Crippen LogP contribution >= 0.6 is 0 Å². The third kappa shape index (κ3) is 3.37. The number of hydrogen-bond acceptors (Lipinski definition) is 7. The van der Waals surface area contributed by atoms with Gasteiger partial charge >= 0.3 is 6.09 Å². The van der Waals surface area contributed by atoms with Crippen LogP contribution in [0.15, 0.2) is 12.1 Å². The second kappa shape index (κ2) is 7.14. The number of nitrogens with zero attached hydrogens (tertiary/aromatic N) is 4. The van der Waals surface area contributed by atoms with Crippen LogP contribution in [0.2, 0.25) is 0 Å². The minimum absolute atomic E-state index is 0.422. The molecular weight excluding hydrogens is 352 g/mol. The van der Waals surface area contributed by atoms with Gasteiger partial charge in [-0.3, -0.25) is 4.40 Å². The van der Waals surface area contributed by atoms with Gasteiger partial charge in [-0.05, 0) is 19.8 Å². The number of carboxylic acid groups (broad SMARTS) is 1. The molecule has 4 rings (SSSR count). The molecule has 1 aliphatic heterocycles. The Morgan fingerprint density at radius 2 is 1.93 bits per heavy atom. The zero-order chi connectivity index (χ0) is 18.8. The molecule has 0 radical (unpaired) electrons. The Kier molecular flexibility index (Phi) is 4.53. The molecule has 10 nitrogen and oxygen atoms in total. The van der Waals surface area contributed by atoms with E-state index < -0.39 is 6.09 Å². The van der Waals surface area contributed by atoms with Crippen LogP contribution in [0.5, 0.6) is 11.5 Å². The quantitative estimate of drug-likeness (QED) is 0.560. The number of anilines is 1. The van der Waals surface area contributed by atoms with Crippen molar-refractivity contribution in [1.82, 2.24) is 24.9 Å². The van der Waals surface area contributed by atoms with Crippen molar-refractivity contribution in [1.29, 1.82) is 0 Å². The lowest BCUT2D eigenvalue weighted by Gasteiger charge is -2.19. The Morgan fingerprint density at radius 1 is 1.19 bits per heavy atom. The van der Waals surface area contributed by atoms with Crippen LogP contribution in [0.3, 0.4) is 0 Å². The summed E-state index contributed by atoms with van der Waals surface area (Å²) in [6.07, 6.45) is 0.517. The van der Waals surface area contributed by atoms with Gasteiger partial charge in [0.1, 0.15) is 19.0 Å². The average molecular weight is 372 g/mol. The van der Waals surface area contributed by atoms with Crippen molar-refractivity contribution in [3.8, 4) is 11.5 Å². The first-order valence-electron chi connectivity index (χ1n) is 8.79. The van der Waals surface area contributed by atoms with E-state index in [4.69, 9.17) is 19.6 Å². The standard InChI is InChI=1S/C17H20N6O4/c1-10-21-22-16-15(18-4-2-3-5-19-17(24)25)20-11-8-13-14(27-7-6-26-13)9-12(11)23(10)16/h8-9,19H,2-7H2,1H3,(H,18,20)(H,24,25). The second-order valence-corrected chi connectivity index (χ2v) is 6.22. The van der Waals surface area contributed by atoms with Gasteiger partial charge in [0.05, 0.1) is 11.0 Å². The van der Waals surface area contributed by atoms with Crippen LogP contribution in [0, 0.1) is 6.92 Å². The number of rotatable bonds is 6. The molecule has 10 heteroatoms. The summed E-state index contributed by atoms with van der Waals surface area (Å²) < 4.78 is 13.3. The number of unbranched alkanes of at least 4 members (excludes halogenated alkanes) is 1. The highest BCUT2D eigenvalue weighted by Gasteiger charge is 2.18. The normalized spacial score (nSPS) is 13.1. The molecule has 1 aliphatic rings. The van der Waals surface area contributed by atoms with Gasteiger partial charge in [0.15, 0.2) is 17.3 Å². The Hall–Kier alpha value is -3.30. The van der Waals surface area contributed by atoms with Gasteiger partial charge in [-0.2, -0.15) is 0 Å². The van der Waals surface area contributed by atoms with Gasteiger partial charge in [-0.15, -0.1) is 10.2 Å². The third-order valence-electron chi connectivity index (χ3n) is 4.32. The maximum Gasteiger partial charge on any atom is 0.404 e. The summed E-state index contributed by atoms with van der Waals surface area (Å²) in [5.74, 6) is 2.75. The molecule has 27 heavy (non-hydrogen) atoms. The number of aromatic nitrogens is 4. The number of amides is 1. The molecule has 1 amide bonds. The summed E-state index contributed by atoms with van der Waals surface area (Å²) in [5.41, 5.74) is 2.25. The highest BCUT2D eigenvalue weighted by atomic mass is 16.6. The SMILES string of the molecule is Cc1nnc2c(NCCCCNC(=O)O)nc3cc4c(cc3n12)OCCO4. The van der Waals surface area contributed by atoms with E-state index in [9.17, 15) is 4.79 Å². The largest absolute Gasteiger partial charge is 0.486 e. The molecule has 0 saturated carbocycles. The maximum absolute atomic E-state index is 10.5. The fourth-order valence-electron chi connectivity index (χ4n) is 3.08. The van der Waals surface area contributed by atoms with E-state index >= 15 is 0 Å². The molecule has 1 aromatic carbocycles. The van der Waals surface area contributed by atoms with Crippen molar-refractivity contribution in [2.24, 2.45) is 0 Å². The van der Waals surface area contributed by atoms with Crippen LogP contribution in [-0.2, 0) is 0 Å². The predicted octanol–water partition coefficient (Wildman–Crippen LogP) is 1.82. The van der Waals surface area contributed by atoms with E-state index in [0.717, 1.165) is 29.7 Å². The highest BCUT2D eigenvalue weighted by molar-refractivity contribution is 5.86. The average Bonchev–Trinajstić information content (AvgIpc) is 3.05. The van der Waals surface area contributed by atoms with E-state index in [1.165, 1.54) is 0 Å². The van der Waals surface area contributed by atoms with Gasteiger partial charge in [0.2, 0.25) is 5.65 Å². The van der Waals surface area contributed by atoms with Gasteiger partial charge in [-0.1, -0.05) is 0 Å². The number of benzene rings is 1. The van der Waals surface area contributed by atoms with Crippen molar-refractivity contribution in [2.45, 2.75) is 19.8 Å². The van der Waals surface area contributed by atoms with Gasteiger partial charge in [-0.25, -0.2) is 9.78 Å². The van der Waals surface area contributed by atoms with Crippen LogP contribution in [0.25, 0.3) is 16.7 Å². The fourth-order valence-corrected chi connectivity index (χ4v) is 3.08. The smallest absolute Gasteiger partial charge is 0.404 e. The fraction of sp³-hybridized carbons (Fsp3) is 0.412. The number of hydrogen-bond donors (Lipinski definition) is 3. The molecule has 0 unspecified atom stereocenters. The summed E-state index contributed by atoms with van der Waals surface area (Å²) in [7, 11) is 0. The zero-order valence-corrected chi connectivity index (χ0v) is 14.9. The van der Waals surface area contributed by atoms with Crippen molar-refractivity contribution in [3.05, 3.63) is 18.0 Å². The highest BCUT2D eigenvalue weighted by Crippen LogP contribution is 2.35. The van der Waals surface area contributed by atoms with Crippen LogP contribution < -0.4 is 20.1 Å². The molecule has 0 aliphatic carbocycles. The van der Waals surface area contributed by atoms with Crippen molar-refractivity contribution < 1.29 is 19.4 Å². The second-order valence-electron chi connectivity index (χ2n) is 6.22. The number of fused-ring (bicyclic) bond motifs is 4. The summed E-state index contributed by atoms with van der Waals surface area (Å²) in [5, 5.41) is 22.6. The van der Waals surface area contributed by atoms with E-state index in [1.54, 1.807) is 0 Å². The molecular formula is C17H20N6O4. The van der Waals surface area contributed by atoms with E-state index in [2.05, 4.69) is 20.8 Å². The molecule has 142 valence electrons.